The summed E-state index contributed by atoms with van der Waals surface area (Å²) in [6.07, 6.45) is -0.251. The smallest absolute Gasteiger partial charge is 0.342 e. The Morgan fingerprint density at radius 2 is 1.47 bits per heavy atom. The Morgan fingerprint density at radius 3 is 2.07 bits per heavy atom. The number of benzene rings is 4. The number of imide groups is 1. The molecule has 7 rings (SSSR count). The highest BCUT2D eigenvalue weighted by molar-refractivity contribution is 6.20. The number of rotatable bonds is 11. The quantitative estimate of drug-likeness (QED) is 0.173. The molecular weight excluding hydrogens is 572 g/mol. The van der Waals surface area contributed by atoms with Crippen LogP contribution in [0.25, 0.3) is 10.9 Å². The summed E-state index contributed by atoms with van der Waals surface area (Å²) in [6.45, 7) is 2.45. The first-order chi connectivity index (χ1) is 22.0. The van der Waals surface area contributed by atoms with Crippen LogP contribution in [0.15, 0.2) is 109 Å². The van der Waals surface area contributed by atoms with Gasteiger partial charge in [0, 0.05) is 37.1 Å². The molecule has 1 unspecified atom stereocenters. The van der Waals surface area contributed by atoms with E-state index in [1.54, 1.807) is 30.3 Å². The zero-order valence-corrected chi connectivity index (χ0v) is 24.2. The van der Waals surface area contributed by atoms with Crippen LogP contribution in [-0.4, -0.2) is 58.4 Å². The third-order valence-corrected chi connectivity index (χ3v) is 7.93. The minimum absolute atomic E-state index is 0.196. The van der Waals surface area contributed by atoms with E-state index in [-0.39, 0.29) is 17.7 Å². The maximum Gasteiger partial charge on any atom is 0.342 e. The van der Waals surface area contributed by atoms with Crippen LogP contribution in [0.4, 0.5) is 0 Å². The Labute approximate surface area is 259 Å². The fourth-order valence-electron chi connectivity index (χ4n) is 5.46. The summed E-state index contributed by atoms with van der Waals surface area (Å²) in [4.78, 5) is 46.0. The fraction of sp³-hybridized carbons (Fsp3) is 0.200. The second-order valence-corrected chi connectivity index (χ2v) is 11.1. The number of carbonyl (C=O) groups is 3. The Morgan fingerprint density at radius 1 is 0.844 bits per heavy atom. The summed E-state index contributed by atoms with van der Waals surface area (Å²) in [5, 5.41) is 9.41. The van der Waals surface area contributed by atoms with Crippen LogP contribution in [0, 0.1) is 5.92 Å². The van der Waals surface area contributed by atoms with Gasteiger partial charge < -0.3 is 14.8 Å². The van der Waals surface area contributed by atoms with Crippen LogP contribution in [0.2, 0.25) is 0 Å². The molecule has 3 heterocycles. The van der Waals surface area contributed by atoms with Crippen LogP contribution in [0.3, 0.4) is 0 Å². The molecule has 5 aromatic rings. The number of esters is 1. The highest BCUT2D eigenvalue weighted by Crippen LogP contribution is 2.29. The largest absolute Gasteiger partial charge is 0.490 e. The van der Waals surface area contributed by atoms with Gasteiger partial charge in [0.25, 0.3) is 11.8 Å². The molecule has 0 bridgehead atoms. The number of nitrogens with zero attached hydrogens (tertiary/aromatic N) is 3. The van der Waals surface area contributed by atoms with Crippen molar-refractivity contribution < 1.29 is 28.7 Å². The second-order valence-electron chi connectivity index (χ2n) is 11.1. The van der Waals surface area contributed by atoms with Crippen LogP contribution in [0.1, 0.15) is 37.9 Å². The van der Waals surface area contributed by atoms with Crippen molar-refractivity contribution in [2.24, 2.45) is 5.92 Å². The van der Waals surface area contributed by atoms with Gasteiger partial charge in [-0.2, -0.15) is 5.10 Å². The molecule has 0 saturated carbocycles. The van der Waals surface area contributed by atoms with Crippen molar-refractivity contribution in [1.82, 2.24) is 20.2 Å². The van der Waals surface area contributed by atoms with Crippen LogP contribution >= 0.6 is 0 Å². The molecule has 0 spiro atoms. The predicted octanol–water partition coefficient (Wildman–Crippen LogP) is 4.56. The predicted molar refractivity (Wildman–Crippen MR) is 164 cm³/mol. The molecule has 1 saturated heterocycles. The van der Waals surface area contributed by atoms with Gasteiger partial charge in [-0.3, -0.25) is 14.3 Å². The van der Waals surface area contributed by atoms with Gasteiger partial charge in [0.05, 0.1) is 16.6 Å². The van der Waals surface area contributed by atoms with Crippen molar-refractivity contribution in [1.29, 1.82) is 0 Å². The standard InChI is InChI=1S/C35H30N4O6/c40-33-28-13-7-8-14-29(28)34(41)39(33)45-31(35(42)44-32(24-9-3-1-4-10-24)25-11-5-2-6-12-25)22-43-27-15-16-30-26(17-27)21-38(37-30)20-23-18-36-19-23/h1-17,21,23,31-32,36H,18-20,22H2. The number of nitrogens with one attached hydrogen (secondary N) is 1. The SMILES string of the molecule is O=C(OC(c1ccccc1)c1ccccc1)C(COc1ccc2nn(CC3CNC3)cc2c1)ON1C(=O)c2ccccc2C1=O. The lowest BCUT2D eigenvalue weighted by molar-refractivity contribution is -0.187. The number of ether oxygens (including phenoxy) is 2. The Hall–Kier alpha value is -5.32. The molecule has 0 aliphatic carbocycles. The lowest BCUT2D eigenvalue weighted by atomic mass is 10.0. The van der Waals surface area contributed by atoms with Gasteiger partial charge >= 0.3 is 5.97 Å². The van der Waals surface area contributed by atoms with E-state index in [0.29, 0.717) is 16.7 Å². The molecule has 2 aliphatic rings. The molecule has 1 fully saturated rings. The number of aromatic nitrogens is 2. The lowest BCUT2D eigenvalue weighted by Gasteiger charge is -2.26. The summed E-state index contributed by atoms with van der Waals surface area (Å²) in [6, 6.07) is 30.5. The normalized spacial score (nSPS) is 15.3. The van der Waals surface area contributed by atoms with Gasteiger partial charge in [-0.25, -0.2) is 9.63 Å². The average molecular weight is 603 g/mol. The Balaban J connectivity index is 1.14. The maximum absolute atomic E-state index is 13.9. The molecule has 2 amide bonds. The van der Waals surface area contributed by atoms with Gasteiger partial charge in [0.15, 0.2) is 6.10 Å². The number of carbonyl (C=O) groups excluding carboxylic acids is 3. The summed E-state index contributed by atoms with van der Waals surface area (Å²) in [7, 11) is 0. The topological polar surface area (TPSA) is 112 Å². The Bertz CT molecular complexity index is 1780. The molecule has 226 valence electrons. The van der Waals surface area contributed by atoms with E-state index in [1.165, 1.54) is 0 Å². The van der Waals surface area contributed by atoms with E-state index in [0.717, 1.165) is 41.7 Å². The second kappa shape index (κ2) is 12.4. The molecule has 0 radical (unpaired) electrons. The molecule has 10 heteroatoms. The molecule has 1 atom stereocenters. The van der Waals surface area contributed by atoms with Crippen molar-refractivity contribution in [2.45, 2.75) is 18.8 Å². The maximum atomic E-state index is 13.9. The summed E-state index contributed by atoms with van der Waals surface area (Å²) in [5.41, 5.74) is 2.71. The zero-order chi connectivity index (χ0) is 30.8. The molecule has 10 nitrogen and oxygen atoms in total. The average Bonchev–Trinajstić information content (AvgIpc) is 3.57. The number of fused-ring (bicyclic) bond motifs is 2. The van der Waals surface area contributed by atoms with Gasteiger partial charge in [0.1, 0.15) is 12.4 Å². The first kappa shape index (κ1) is 28.5. The van der Waals surface area contributed by atoms with Gasteiger partial charge in [-0.05, 0) is 41.5 Å². The number of hydrogen-bond acceptors (Lipinski definition) is 8. The number of hydroxylamine groups is 2. The van der Waals surface area contributed by atoms with E-state index in [4.69, 9.17) is 14.3 Å². The van der Waals surface area contributed by atoms with E-state index in [9.17, 15) is 14.4 Å². The van der Waals surface area contributed by atoms with E-state index in [1.807, 2.05) is 83.7 Å². The van der Waals surface area contributed by atoms with E-state index < -0.39 is 30.0 Å². The van der Waals surface area contributed by atoms with E-state index >= 15 is 0 Å². The first-order valence-corrected chi connectivity index (χ1v) is 14.8. The van der Waals surface area contributed by atoms with Crippen molar-refractivity contribution in [2.75, 3.05) is 19.7 Å². The highest BCUT2D eigenvalue weighted by atomic mass is 16.7. The number of hydrogen-bond donors (Lipinski definition) is 1. The molecule has 1 N–H and O–H groups in total. The highest BCUT2D eigenvalue weighted by Gasteiger charge is 2.40. The monoisotopic (exact) mass is 602 g/mol. The zero-order valence-electron chi connectivity index (χ0n) is 24.2. The molecule has 45 heavy (non-hydrogen) atoms. The summed E-state index contributed by atoms with van der Waals surface area (Å²) < 4.78 is 14.0. The summed E-state index contributed by atoms with van der Waals surface area (Å²) in [5.74, 6) is -1.10. The van der Waals surface area contributed by atoms with Gasteiger partial charge in [-0.15, -0.1) is 5.06 Å². The lowest BCUT2D eigenvalue weighted by Crippen LogP contribution is -2.44. The third-order valence-electron chi connectivity index (χ3n) is 7.93. The fourth-order valence-corrected chi connectivity index (χ4v) is 5.46. The van der Waals surface area contributed by atoms with Crippen LogP contribution in [0.5, 0.6) is 5.75 Å². The minimum Gasteiger partial charge on any atom is -0.490 e. The van der Waals surface area contributed by atoms with Crippen LogP contribution in [-0.2, 0) is 20.9 Å². The molecular formula is C35H30N4O6. The number of amides is 2. The Kier molecular flexibility index (Phi) is 7.81. The van der Waals surface area contributed by atoms with Crippen molar-refractivity contribution in [3.63, 3.8) is 0 Å². The first-order valence-electron chi connectivity index (χ1n) is 14.8. The van der Waals surface area contributed by atoms with Crippen LogP contribution < -0.4 is 10.1 Å². The molecule has 4 aromatic carbocycles. The van der Waals surface area contributed by atoms with Crippen molar-refractivity contribution in [3.05, 3.63) is 132 Å². The molecule has 2 aliphatic heterocycles. The van der Waals surface area contributed by atoms with Crippen molar-refractivity contribution >= 4 is 28.7 Å². The summed E-state index contributed by atoms with van der Waals surface area (Å²) >= 11 is 0. The molecule has 1 aromatic heterocycles. The minimum atomic E-state index is -1.45. The van der Waals surface area contributed by atoms with Gasteiger partial charge in [-0.1, -0.05) is 72.8 Å². The van der Waals surface area contributed by atoms with Gasteiger partial charge in [0.2, 0.25) is 6.10 Å². The third kappa shape index (κ3) is 5.93. The van der Waals surface area contributed by atoms with Crippen molar-refractivity contribution in [3.8, 4) is 5.75 Å². The van der Waals surface area contributed by atoms with E-state index in [2.05, 4.69) is 10.4 Å².